The molecule has 2 amide bonds. The number of β-amino-alcohol motifs (C(OH)–C–C–N with tert-alkyl or cyclic N) is 1. The summed E-state index contributed by atoms with van der Waals surface area (Å²) in [6, 6.07) is -1.44. The van der Waals surface area contributed by atoms with E-state index in [0.717, 1.165) is 9.78 Å². The summed E-state index contributed by atoms with van der Waals surface area (Å²) in [5, 5.41) is 21.0. The second-order valence-electron chi connectivity index (χ2n) is 4.02. The molecule has 0 aliphatic carbocycles. The predicted octanol–water partition coefficient (Wildman–Crippen LogP) is -0.127. The second-order valence-corrected chi connectivity index (χ2v) is 4.99. The molecule has 0 saturated carbocycles. The molecule has 2 atom stereocenters. The maximum atomic E-state index is 11.8. The Labute approximate surface area is 107 Å². The number of aliphatic carboxylic acids is 1. The van der Waals surface area contributed by atoms with Gasteiger partial charge in [0.25, 0.3) is 0 Å². The molecule has 1 fully saturated rings. The van der Waals surface area contributed by atoms with Crippen LogP contribution in [0.5, 0.6) is 0 Å². The van der Waals surface area contributed by atoms with E-state index < -0.39 is 24.1 Å². The summed E-state index contributed by atoms with van der Waals surface area (Å²) >= 11 is 1.41. The van der Waals surface area contributed by atoms with Crippen molar-refractivity contribution < 1.29 is 19.8 Å². The molecule has 98 valence electrons. The molecule has 1 aromatic rings. The number of rotatable bonds is 3. The van der Waals surface area contributed by atoms with Crippen LogP contribution in [0, 0.1) is 0 Å². The highest BCUT2D eigenvalue weighted by molar-refractivity contribution is 7.09. The van der Waals surface area contributed by atoms with Crippen molar-refractivity contribution in [2.45, 2.75) is 25.1 Å². The first-order valence-corrected chi connectivity index (χ1v) is 6.28. The van der Waals surface area contributed by atoms with Gasteiger partial charge in [0.05, 0.1) is 18.2 Å². The number of aliphatic hydroxyl groups is 1. The number of likely N-dealkylation sites (tertiary alicyclic amines) is 1. The van der Waals surface area contributed by atoms with Crippen LogP contribution in [0.1, 0.15) is 11.3 Å². The van der Waals surface area contributed by atoms with Crippen molar-refractivity contribution in [2.24, 2.45) is 0 Å². The fraction of sp³-hybridized carbons (Fsp3) is 0.500. The van der Waals surface area contributed by atoms with Gasteiger partial charge in [-0.1, -0.05) is 0 Å². The highest BCUT2D eigenvalue weighted by Crippen LogP contribution is 2.18. The monoisotopic (exact) mass is 271 g/mol. The molecule has 0 radical (unpaired) electrons. The molecule has 0 unspecified atom stereocenters. The molecule has 2 rings (SSSR count). The molecule has 3 N–H and O–H groups in total. The Morgan fingerprint density at radius 3 is 3.00 bits per heavy atom. The van der Waals surface area contributed by atoms with Gasteiger partial charge >= 0.3 is 12.0 Å². The van der Waals surface area contributed by atoms with E-state index in [1.54, 1.807) is 11.7 Å². The molecule has 0 bridgehead atoms. The van der Waals surface area contributed by atoms with Gasteiger partial charge in [-0.2, -0.15) is 0 Å². The highest BCUT2D eigenvalue weighted by atomic mass is 32.1. The van der Waals surface area contributed by atoms with E-state index in [1.807, 2.05) is 0 Å². The lowest BCUT2D eigenvalue weighted by Gasteiger charge is -2.21. The fourth-order valence-corrected chi connectivity index (χ4v) is 2.40. The minimum Gasteiger partial charge on any atom is -0.480 e. The van der Waals surface area contributed by atoms with E-state index in [9.17, 15) is 14.7 Å². The Morgan fingerprint density at radius 2 is 2.39 bits per heavy atom. The normalized spacial score (nSPS) is 23.1. The van der Waals surface area contributed by atoms with Crippen LogP contribution in [-0.2, 0) is 11.3 Å². The summed E-state index contributed by atoms with van der Waals surface area (Å²) in [5.74, 6) is -1.10. The van der Waals surface area contributed by atoms with Crippen molar-refractivity contribution in [3.8, 4) is 0 Å². The maximum absolute atomic E-state index is 11.8. The van der Waals surface area contributed by atoms with Crippen LogP contribution in [0.15, 0.2) is 11.7 Å². The number of hydrogen-bond acceptors (Lipinski definition) is 5. The third-order valence-corrected chi connectivity index (χ3v) is 3.50. The van der Waals surface area contributed by atoms with Gasteiger partial charge in [-0.05, 0) is 0 Å². The standard InChI is InChI=1S/C10H13N3O4S/c14-6-1-8(9(15)16)13(4-6)10(17)12-3-7-2-11-5-18-7/h2,5-6,8,14H,1,3-4H2,(H,12,17)(H,15,16)/t6-,8-/m0/s1. The van der Waals surface area contributed by atoms with Crippen molar-refractivity contribution in [1.82, 2.24) is 15.2 Å². The van der Waals surface area contributed by atoms with Crippen LogP contribution in [-0.4, -0.2) is 50.8 Å². The first-order chi connectivity index (χ1) is 8.58. The average molecular weight is 271 g/mol. The molecule has 8 heteroatoms. The van der Waals surface area contributed by atoms with Crippen LogP contribution in [0.25, 0.3) is 0 Å². The number of carbonyl (C=O) groups is 2. The van der Waals surface area contributed by atoms with Gasteiger partial charge in [-0.3, -0.25) is 4.98 Å². The van der Waals surface area contributed by atoms with Gasteiger partial charge < -0.3 is 20.4 Å². The Hall–Kier alpha value is -1.67. The van der Waals surface area contributed by atoms with Crippen molar-refractivity contribution >= 4 is 23.3 Å². The Balaban J connectivity index is 1.93. The number of amides is 2. The van der Waals surface area contributed by atoms with Gasteiger partial charge in [0.15, 0.2) is 0 Å². The van der Waals surface area contributed by atoms with E-state index in [-0.39, 0.29) is 13.0 Å². The summed E-state index contributed by atoms with van der Waals surface area (Å²) in [6.45, 7) is 0.355. The van der Waals surface area contributed by atoms with Crippen LogP contribution in [0.3, 0.4) is 0 Å². The maximum Gasteiger partial charge on any atom is 0.326 e. The molecular formula is C10H13N3O4S. The Bertz CT molecular complexity index is 436. The van der Waals surface area contributed by atoms with Gasteiger partial charge in [0, 0.05) is 24.0 Å². The summed E-state index contributed by atoms with van der Waals surface area (Å²) < 4.78 is 0. The number of aliphatic hydroxyl groups excluding tert-OH is 1. The zero-order valence-corrected chi connectivity index (χ0v) is 10.3. The van der Waals surface area contributed by atoms with E-state index in [4.69, 9.17) is 5.11 Å². The summed E-state index contributed by atoms with van der Waals surface area (Å²) in [5.41, 5.74) is 1.65. The minimum atomic E-state index is -1.10. The van der Waals surface area contributed by atoms with Gasteiger partial charge in [-0.15, -0.1) is 11.3 Å². The lowest BCUT2D eigenvalue weighted by atomic mass is 10.2. The molecule has 2 heterocycles. The quantitative estimate of drug-likeness (QED) is 0.710. The van der Waals surface area contributed by atoms with Crippen molar-refractivity contribution in [1.29, 1.82) is 0 Å². The number of carbonyl (C=O) groups excluding carboxylic acids is 1. The predicted molar refractivity (Wildman–Crippen MR) is 63.1 cm³/mol. The van der Waals surface area contributed by atoms with Crippen LogP contribution < -0.4 is 5.32 Å². The third kappa shape index (κ3) is 2.77. The molecule has 1 saturated heterocycles. The number of urea groups is 1. The van der Waals surface area contributed by atoms with Crippen molar-refractivity contribution in [3.63, 3.8) is 0 Å². The Kier molecular flexibility index (Phi) is 3.78. The van der Waals surface area contributed by atoms with Crippen LogP contribution >= 0.6 is 11.3 Å². The van der Waals surface area contributed by atoms with Crippen LogP contribution in [0.2, 0.25) is 0 Å². The Morgan fingerprint density at radius 1 is 1.61 bits per heavy atom. The number of nitrogens with zero attached hydrogens (tertiary/aromatic N) is 2. The van der Waals surface area contributed by atoms with E-state index >= 15 is 0 Å². The fourth-order valence-electron chi connectivity index (χ4n) is 1.87. The zero-order chi connectivity index (χ0) is 13.1. The van der Waals surface area contributed by atoms with E-state index in [2.05, 4.69) is 10.3 Å². The lowest BCUT2D eigenvalue weighted by molar-refractivity contribution is -0.141. The van der Waals surface area contributed by atoms with Gasteiger partial charge in [0.2, 0.25) is 0 Å². The molecule has 18 heavy (non-hydrogen) atoms. The number of carboxylic acids is 1. The largest absolute Gasteiger partial charge is 0.480 e. The zero-order valence-electron chi connectivity index (χ0n) is 9.44. The summed E-state index contributed by atoms with van der Waals surface area (Å²) in [4.78, 5) is 28.7. The molecule has 7 nitrogen and oxygen atoms in total. The number of aromatic nitrogens is 1. The first-order valence-electron chi connectivity index (χ1n) is 5.40. The van der Waals surface area contributed by atoms with Gasteiger partial charge in [0.1, 0.15) is 6.04 Å². The first kappa shape index (κ1) is 12.8. The second kappa shape index (κ2) is 5.32. The molecular weight excluding hydrogens is 258 g/mol. The molecule has 0 spiro atoms. The van der Waals surface area contributed by atoms with Crippen LogP contribution in [0.4, 0.5) is 4.79 Å². The topological polar surface area (TPSA) is 103 Å². The molecule has 0 aromatic carbocycles. The van der Waals surface area contributed by atoms with Crippen molar-refractivity contribution in [2.75, 3.05) is 6.54 Å². The smallest absolute Gasteiger partial charge is 0.326 e. The summed E-state index contributed by atoms with van der Waals surface area (Å²) in [6.07, 6.45) is 0.933. The molecule has 1 aliphatic heterocycles. The number of thiazole rings is 1. The molecule has 1 aliphatic rings. The highest BCUT2D eigenvalue weighted by Gasteiger charge is 2.38. The van der Waals surface area contributed by atoms with E-state index in [1.165, 1.54) is 11.3 Å². The average Bonchev–Trinajstić information content (AvgIpc) is 2.94. The molecule has 1 aromatic heterocycles. The number of hydrogen-bond donors (Lipinski definition) is 3. The minimum absolute atomic E-state index is 0.0471. The van der Waals surface area contributed by atoms with E-state index in [0.29, 0.717) is 6.54 Å². The number of carboxylic acid groups (broad SMARTS) is 1. The third-order valence-electron chi connectivity index (χ3n) is 2.72. The lowest BCUT2D eigenvalue weighted by Crippen LogP contribution is -2.45. The SMILES string of the molecule is O=C(O)[C@@H]1C[C@H](O)CN1C(=O)NCc1cncs1. The van der Waals surface area contributed by atoms with Gasteiger partial charge in [-0.25, -0.2) is 9.59 Å². The number of nitrogens with one attached hydrogen (secondary N) is 1. The summed E-state index contributed by atoms with van der Waals surface area (Å²) in [7, 11) is 0. The van der Waals surface area contributed by atoms with Crippen molar-refractivity contribution in [3.05, 3.63) is 16.6 Å².